The van der Waals surface area contributed by atoms with Crippen LogP contribution in [0.3, 0.4) is 0 Å². The van der Waals surface area contributed by atoms with E-state index in [2.05, 4.69) is 19.1 Å². The van der Waals surface area contributed by atoms with Crippen LogP contribution in [0.5, 0.6) is 11.5 Å². The molecule has 6 heteroatoms. The second kappa shape index (κ2) is 13.7. The van der Waals surface area contributed by atoms with Gasteiger partial charge in [-0.1, -0.05) is 44.7 Å². The molecule has 0 spiro atoms. The number of nitrogens with two attached hydrogens (primary N) is 2. The number of anilines is 2. The molecule has 6 nitrogen and oxygen atoms in total. The van der Waals surface area contributed by atoms with Gasteiger partial charge in [-0.15, -0.1) is 0 Å². The Morgan fingerprint density at radius 1 is 0.892 bits per heavy atom. The summed E-state index contributed by atoms with van der Waals surface area (Å²) >= 11 is 0. The minimum absolute atomic E-state index is 0.00152. The summed E-state index contributed by atoms with van der Waals surface area (Å²) in [5, 5.41) is 0. The van der Waals surface area contributed by atoms with Crippen molar-refractivity contribution >= 4 is 17.3 Å². The highest BCUT2D eigenvalue weighted by molar-refractivity contribution is 5.72. The van der Waals surface area contributed by atoms with E-state index < -0.39 is 0 Å². The molecule has 2 saturated carbocycles. The molecule has 0 radical (unpaired) electrons. The number of esters is 1. The van der Waals surface area contributed by atoms with Crippen LogP contribution in [-0.4, -0.2) is 19.4 Å². The zero-order chi connectivity index (χ0) is 26.0. The summed E-state index contributed by atoms with van der Waals surface area (Å²) in [7, 11) is 0. The summed E-state index contributed by atoms with van der Waals surface area (Å²) in [5.41, 5.74) is 13.9. The van der Waals surface area contributed by atoms with Crippen molar-refractivity contribution < 1.29 is 19.0 Å². The number of rotatable bonds is 11. The maximum atomic E-state index is 12.2. The lowest BCUT2D eigenvalue weighted by Crippen LogP contribution is -2.25. The Bertz CT molecular complexity index is 977. The summed E-state index contributed by atoms with van der Waals surface area (Å²) in [5.74, 6) is 4.26. The fourth-order valence-corrected chi connectivity index (χ4v) is 6.29. The van der Waals surface area contributed by atoms with Crippen molar-refractivity contribution in [1.29, 1.82) is 0 Å². The van der Waals surface area contributed by atoms with Gasteiger partial charge in [-0.2, -0.15) is 0 Å². The van der Waals surface area contributed by atoms with Crippen LogP contribution in [0.15, 0.2) is 42.5 Å². The lowest BCUT2D eigenvalue weighted by Gasteiger charge is -2.38. The Hall–Kier alpha value is -2.73. The molecular formula is C31H44N2O4. The Morgan fingerprint density at radius 2 is 1.57 bits per heavy atom. The minimum atomic E-state index is -0.325. The Morgan fingerprint density at radius 3 is 2.22 bits per heavy atom. The summed E-state index contributed by atoms with van der Waals surface area (Å²) in [6.07, 6.45) is 14.0. The van der Waals surface area contributed by atoms with Gasteiger partial charge >= 0.3 is 5.97 Å². The van der Waals surface area contributed by atoms with E-state index >= 15 is 0 Å². The molecule has 0 unspecified atom stereocenters. The number of hydrogen-bond donors (Lipinski definition) is 2. The predicted molar refractivity (Wildman–Crippen MR) is 148 cm³/mol. The molecule has 202 valence electrons. The fraction of sp³-hybridized carbons (Fsp3) is 0.581. The van der Waals surface area contributed by atoms with Crippen molar-refractivity contribution in [3.05, 3.63) is 48.0 Å². The van der Waals surface area contributed by atoms with Crippen molar-refractivity contribution in [1.82, 2.24) is 0 Å². The van der Waals surface area contributed by atoms with Crippen LogP contribution in [0.2, 0.25) is 0 Å². The van der Waals surface area contributed by atoms with Gasteiger partial charge in [0.25, 0.3) is 0 Å². The van der Waals surface area contributed by atoms with Crippen molar-refractivity contribution in [3.63, 3.8) is 0 Å². The van der Waals surface area contributed by atoms with E-state index in [0.29, 0.717) is 28.8 Å². The molecule has 0 aromatic heterocycles. The van der Waals surface area contributed by atoms with Crippen LogP contribution < -0.4 is 20.9 Å². The monoisotopic (exact) mass is 508 g/mol. The minimum Gasteiger partial charge on any atom is -0.465 e. The normalized spacial score (nSPS) is 23.9. The summed E-state index contributed by atoms with van der Waals surface area (Å²) in [4.78, 5) is 12.2. The molecule has 0 bridgehead atoms. The summed E-state index contributed by atoms with van der Waals surface area (Å²) < 4.78 is 16.3. The highest BCUT2D eigenvalue weighted by Gasteiger charge is 2.31. The third-order valence-corrected chi connectivity index (χ3v) is 8.39. The zero-order valence-electron chi connectivity index (χ0n) is 22.3. The third kappa shape index (κ3) is 8.13. The smallest absolute Gasteiger partial charge is 0.313 e. The zero-order valence-corrected chi connectivity index (χ0v) is 22.3. The van der Waals surface area contributed by atoms with Crippen LogP contribution in [0.4, 0.5) is 11.4 Å². The molecule has 4 N–H and O–H groups in total. The third-order valence-electron chi connectivity index (χ3n) is 8.39. The first-order valence-electron chi connectivity index (χ1n) is 14.2. The number of nitrogen functional groups attached to an aromatic ring is 2. The molecule has 2 aliphatic carbocycles. The number of hydrogen-bond acceptors (Lipinski definition) is 6. The Balaban J connectivity index is 1.12. The van der Waals surface area contributed by atoms with Gasteiger partial charge in [0.15, 0.2) is 6.79 Å². The molecule has 2 fully saturated rings. The second-order valence-corrected chi connectivity index (χ2v) is 10.9. The van der Waals surface area contributed by atoms with Crippen LogP contribution in [-0.2, 0) is 9.53 Å². The van der Waals surface area contributed by atoms with E-state index in [0.717, 1.165) is 17.8 Å². The SMILES string of the molecule is CCCC1CCC(C2CCC(c3ccc(OC(=O)CCOCOc4ccc(N)cc4N)cc3)CC2)CC1. The van der Waals surface area contributed by atoms with E-state index in [1.807, 2.05) is 12.1 Å². The van der Waals surface area contributed by atoms with Crippen LogP contribution in [0.25, 0.3) is 0 Å². The Kier molecular flexibility index (Phi) is 10.1. The van der Waals surface area contributed by atoms with Crippen molar-refractivity contribution in [3.8, 4) is 11.5 Å². The van der Waals surface area contributed by atoms with Crippen LogP contribution in [0.1, 0.15) is 89.0 Å². The molecule has 2 aliphatic rings. The van der Waals surface area contributed by atoms with Gasteiger partial charge < -0.3 is 25.7 Å². The van der Waals surface area contributed by atoms with Gasteiger partial charge in [0, 0.05) is 5.69 Å². The van der Waals surface area contributed by atoms with E-state index in [-0.39, 0.29) is 25.8 Å². The average molecular weight is 509 g/mol. The van der Waals surface area contributed by atoms with Gasteiger partial charge in [-0.25, -0.2) is 0 Å². The van der Waals surface area contributed by atoms with Gasteiger partial charge in [-0.05, 0) is 98.1 Å². The van der Waals surface area contributed by atoms with E-state index in [9.17, 15) is 4.79 Å². The first-order valence-corrected chi connectivity index (χ1v) is 14.2. The predicted octanol–water partition coefficient (Wildman–Crippen LogP) is 7.08. The van der Waals surface area contributed by atoms with E-state index in [4.69, 9.17) is 25.7 Å². The van der Waals surface area contributed by atoms with Crippen molar-refractivity contribution in [2.45, 2.75) is 83.5 Å². The molecule has 2 aromatic carbocycles. The molecule has 0 saturated heterocycles. The first-order chi connectivity index (χ1) is 18.0. The van der Waals surface area contributed by atoms with Gasteiger partial charge in [-0.3, -0.25) is 4.79 Å². The molecule has 2 aromatic rings. The molecule has 37 heavy (non-hydrogen) atoms. The molecule has 0 heterocycles. The largest absolute Gasteiger partial charge is 0.465 e. The topological polar surface area (TPSA) is 96.8 Å². The molecule has 4 rings (SSSR count). The van der Waals surface area contributed by atoms with E-state index in [1.165, 1.54) is 69.8 Å². The lowest BCUT2D eigenvalue weighted by atomic mass is 9.68. The number of benzene rings is 2. The number of carbonyl (C=O) groups excluding carboxylic acids is 1. The molecular weight excluding hydrogens is 464 g/mol. The lowest BCUT2D eigenvalue weighted by molar-refractivity contribution is -0.136. The maximum Gasteiger partial charge on any atom is 0.313 e. The Labute approximate surface area is 222 Å². The summed E-state index contributed by atoms with van der Waals surface area (Å²) in [6, 6.07) is 13.1. The number of ether oxygens (including phenoxy) is 3. The van der Waals surface area contributed by atoms with E-state index in [1.54, 1.807) is 18.2 Å². The molecule has 0 aliphatic heterocycles. The quantitative estimate of drug-likeness (QED) is 0.111. The molecule has 0 amide bonds. The number of carbonyl (C=O) groups is 1. The standard InChI is InChI=1S/C31H44N2O4/c1-2-3-22-4-6-23(7-5-22)24-8-10-25(11-9-24)26-12-15-28(16-13-26)37-31(34)18-19-35-21-36-30-17-14-27(32)20-29(30)33/h12-17,20,22-25H,2-11,18-19,21,32-33H2,1H3. The summed E-state index contributed by atoms with van der Waals surface area (Å²) in [6.45, 7) is 2.52. The van der Waals surface area contributed by atoms with Gasteiger partial charge in [0.2, 0.25) is 0 Å². The highest BCUT2D eigenvalue weighted by Crippen LogP contribution is 2.44. The highest BCUT2D eigenvalue weighted by atomic mass is 16.7. The fourth-order valence-electron chi connectivity index (χ4n) is 6.29. The van der Waals surface area contributed by atoms with Gasteiger partial charge in [0.1, 0.15) is 11.5 Å². The second-order valence-electron chi connectivity index (χ2n) is 10.9. The van der Waals surface area contributed by atoms with Crippen LogP contribution in [0, 0.1) is 17.8 Å². The first kappa shape index (κ1) is 27.3. The van der Waals surface area contributed by atoms with Crippen LogP contribution >= 0.6 is 0 Å². The van der Waals surface area contributed by atoms with Gasteiger partial charge in [0.05, 0.1) is 18.7 Å². The van der Waals surface area contributed by atoms with Crippen molar-refractivity contribution in [2.24, 2.45) is 17.8 Å². The molecule has 0 atom stereocenters. The maximum absolute atomic E-state index is 12.2. The van der Waals surface area contributed by atoms with Crippen molar-refractivity contribution in [2.75, 3.05) is 24.9 Å². The average Bonchev–Trinajstić information content (AvgIpc) is 2.91.